The lowest BCUT2D eigenvalue weighted by molar-refractivity contribution is -0.117. The van der Waals surface area contributed by atoms with Crippen molar-refractivity contribution in [3.63, 3.8) is 0 Å². The van der Waals surface area contributed by atoms with Crippen LogP contribution in [-0.4, -0.2) is 38.6 Å². The van der Waals surface area contributed by atoms with Crippen LogP contribution in [0.25, 0.3) is 0 Å². The predicted molar refractivity (Wildman–Crippen MR) is 100 cm³/mol. The van der Waals surface area contributed by atoms with Gasteiger partial charge in [-0.3, -0.25) is 9.69 Å². The van der Waals surface area contributed by atoms with Crippen LogP contribution in [0.2, 0.25) is 0 Å². The van der Waals surface area contributed by atoms with Gasteiger partial charge >= 0.3 is 0 Å². The minimum absolute atomic E-state index is 0.0485. The van der Waals surface area contributed by atoms with Crippen molar-refractivity contribution in [3.8, 4) is 11.5 Å². The van der Waals surface area contributed by atoms with Crippen LogP contribution in [0.15, 0.2) is 36.4 Å². The molecule has 25 heavy (non-hydrogen) atoms. The van der Waals surface area contributed by atoms with E-state index in [0.717, 1.165) is 16.8 Å². The summed E-state index contributed by atoms with van der Waals surface area (Å²) in [6.07, 6.45) is 0. The van der Waals surface area contributed by atoms with Crippen molar-refractivity contribution in [2.45, 2.75) is 20.4 Å². The number of nitrogens with zero attached hydrogens (tertiary/aromatic N) is 1. The molecule has 2 aromatic rings. The second-order valence-electron chi connectivity index (χ2n) is 6.17. The number of rotatable bonds is 7. The molecule has 0 aromatic heterocycles. The first-order chi connectivity index (χ1) is 11.9. The molecule has 0 saturated carbocycles. The molecule has 0 aliphatic rings. The maximum Gasteiger partial charge on any atom is 0.238 e. The summed E-state index contributed by atoms with van der Waals surface area (Å²) in [7, 11) is 5.13. The number of likely N-dealkylation sites (N-methyl/N-ethyl adjacent to an activating group) is 1. The Morgan fingerprint density at radius 2 is 1.84 bits per heavy atom. The van der Waals surface area contributed by atoms with Crippen molar-refractivity contribution < 1.29 is 14.3 Å². The normalized spacial score (nSPS) is 10.6. The number of benzene rings is 2. The third kappa shape index (κ3) is 4.97. The standard InChI is InChI=1S/C20H26N2O3/c1-14-9-10-17(11-15(14)2)21-19(23)13-22(3)12-16-7-6-8-18(24-4)20(16)25-5/h6-11H,12-13H2,1-5H3,(H,21,23). The van der Waals surface area contributed by atoms with Crippen LogP contribution in [0, 0.1) is 13.8 Å². The first-order valence-electron chi connectivity index (χ1n) is 8.20. The van der Waals surface area contributed by atoms with Gasteiger partial charge in [0.05, 0.1) is 20.8 Å². The molecule has 0 aliphatic heterocycles. The number of amides is 1. The monoisotopic (exact) mass is 342 g/mol. The number of hydrogen-bond acceptors (Lipinski definition) is 4. The number of ether oxygens (including phenoxy) is 2. The third-order valence-corrected chi connectivity index (χ3v) is 4.13. The summed E-state index contributed by atoms with van der Waals surface area (Å²) in [6.45, 7) is 4.95. The van der Waals surface area contributed by atoms with Crippen LogP contribution >= 0.6 is 0 Å². The lowest BCUT2D eigenvalue weighted by Gasteiger charge is -2.19. The van der Waals surface area contributed by atoms with E-state index >= 15 is 0 Å². The predicted octanol–water partition coefficient (Wildman–Crippen LogP) is 3.39. The van der Waals surface area contributed by atoms with Crippen molar-refractivity contribution in [1.29, 1.82) is 0 Å². The van der Waals surface area contributed by atoms with Crippen molar-refractivity contribution in [2.75, 3.05) is 33.1 Å². The highest BCUT2D eigenvalue weighted by Gasteiger charge is 2.13. The van der Waals surface area contributed by atoms with Crippen molar-refractivity contribution >= 4 is 11.6 Å². The Balaban J connectivity index is 1.99. The third-order valence-electron chi connectivity index (χ3n) is 4.13. The smallest absolute Gasteiger partial charge is 0.238 e. The molecular weight excluding hydrogens is 316 g/mol. The molecule has 0 atom stereocenters. The van der Waals surface area contributed by atoms with E-state index in [1.165, 1.54) is 5.56 Å². The van der Waals surface area contributed by atoms with Gasteiger partial charge in [-0.2, -0.15) is 0 Å². The van der Waals surface area contributed by atoms with Crippen LogP contribution in [0.3, 0.4) is 0 Å². The number of nitrogens with one attached hydrogen (secondary N) is 1. The van der Waals surface area contributed by atoms with Gasteiger partial charge in [-0.1, -0.05) is 18.2 Å². The SMILES string of the molecule is COc1cccc(CN(C)CC(=O)Nc2ccc(C)c(C)c2)c1OC. The summed E-state index contributed by atoms with van der Waals surface area (Å²) in [5.74, 6) is 1.34. The zero-order valence-electron chi connectivity index (χ0n) is 15.6. The summed E-state index contributed by atoms with van der Waals surface area (Å²) in [4.78, 5) is 14.2. The first-order valence-corrected chi connectivity index (χ1v) is 8.20. The van der Waals surface area contributed by atoms with E-state index < -0.39 is 0 Å². The fourth-order valence-electron chi connectivity index (χ4n) is 2.69. The van der Waals surface area contributed by atoms with E-state index in [2.05, 4.69) is 12.2 Å². The number of carbonyl (C=O) groups excluding carboxylic acids is 1. The van der Waals surface area contributed by atoms with Gasteiger partial charge in [0.15, 0.2) is 11.5 Å². The van der Waals surface area contributed by atoms with Crippen LogP contribution < -0.4 is 14.8 Å². The number of carbonyl (C=O) groups is 1. The average Bonchev–Trinajstić information content (AvgIpc) is 2.57. The van der Waals surface area contributed by atoms with Crippen LogP contribution in [0.5, 0.6) is 11.5 Å². The molecule has 0 unspecified atom stereocenters. The molecular formula is C20H26N2O3. The number of methoxy groups -OCH3 is 2. The summed E-state index contributed by atoms with van der Waals surface area (Å²) in [5.41, 5.74) is 4.16. The van der Waals surface area contributed by atoms with Crippen molar-refractivity contribution in [2.24, 2.45) is 0 Å². The molecule has 0 spiro atoms. The average molecular weight is 342 g/mol. The summed E-state index contributed by atoms with van der Waals surface area (Å²) in [5, 5.41) is 2.94. The zero-order valence-corrected chi connectivity index (χ0v) is 15.6. The number of anilines is 1. The summed E-state index contributed by atoms with van der Waals surface area (Å²) < 4.78 is 10.8. The van der Waals surface area contributed by atoms with Gasteiger partial charge in [0.2, 0.25) is 5.91 Å². The Morgan fingerprint density at radius 3 is 2.48 bits per heavy atom. The topological polar surface area (TPSA) is 50.8 Å². The van der Waals surface area contributed by atoms with Gasteiger partial charge in [-0.05, 0) is 50.2 Å². The molecule has 0 heterocycles. The van der Waals surface area contributed by atoms with E-state index in [0.29, 0.717) is 18.0 Å². The molecule has 0 aliphatic carbocycles. The van der Waals surface area contributed by atoms with Crippen molar-refractivity contribution in [1.82, 2.24) is 4.90 Å². The number of aryl methyl sites for hydroxylation is 2. The van der Waals surface area contributed by atoms with Gasteiger partial charge in [-0.15, -0.1) is 0 Å². The van der Waals surface area contributed by atoms with Gasteiger partial charge in [0.25, 0.3) is 0 Å². The first kappa shape index (κ1) is 18.8. The molecule has 134 valence electrons. The van der Waals surface area contributed by atoms with E-state index in [1.807, 2.05) is 55.3 Å². The van der Waals surface area contributed by atoms with Crippen molar-refractivity contribution in [3.05, 3.63) is 53.1 Å². The molecule has 2 rings (SSSR count). The minimum atomic E-state index is -0.0485. The Labute approximate surface area is 149 Å². The van der Waals surface area contributed by atoms with Crippen LogP contribution in [0.4, 0.5) is 5.69 Å². The molecule has 1 N–H and O–H groups in total. The zero-order chi connectivity index (χ0) is 18.4. The Bertz CT molecular complexity index is 744. The summed E-state index contributed by atoms with van der Waals surface area (Å²) >= 11 is 0. The van der Waals surface area contributed by atoms with Gasteiger partial charge in [0, 0.05) is 17.8 Å². The number of para-hydroxylation sites is 1. The molecule has 0 fully saturated rings. The van der Waals surface area contributed by atoms with Crippen LogP contribution in [-0.2, 0) is 11.3 Å². The molecule has 0 bridgehead atoms. The van der Waals surface area contributed by atoms with E-state index in [9.17, 15) is 4.79 Å². The van der Waals surface area contributed by atoms with Gasteiger partial charge in [-0.25, -0.2) is 0 Å². The number of hydrogen-bond donors (Lipinski definition) is 1. The fourth-order valence-corrected chi connectivity index (χ4v) is 2.69. The second-order valence-corrected chi connectivity index (χ2v) is 6.17. The molecule has 0 saturated heterocycles. The maximum atomic E-state index is 12.3. The molecule has 5 nitrogen and oxygen atoms in total. The molecule has 2 aromatic carbocycles. The molecule has 0 radical (unpaired) electrons. The molecule has 1 amide bonds. The highest BCUT2D eigenvalue weighted by atomic mass is 16.5. The van der Waals surface area contributed by atoms with E-state index in [-0.39, 0.29) is 12.5 Å². The van der Waals surface area contributed by atoms with Gasteiger partial charge in [0.1, 0.15) is 0 Å². The van der Waals surface area contributed by atoms with Crippen LogP contribution in [0.1, 0.15) is 16.7 Å². The summed E-state index contributed by atoms with van der Waals surface area (Å²) in [6, 6.07) is 11.7. The minimum Gasteiger partial charge on any atom is -0.493 e. The Hall–Kier alpha value is -2.53. The lowest BCUT2D eigenvalue weighted by Crippen LogP contribution is -2.30. The lowest BCUT2D eigenvalue weighted by atomic mass is 10.1. The second kappa shape index (κ2) is 8.53. The Kier molecular flexibility index (Phi) is 6.42. The highest BCUT2D eigenvalue weighted by Crippen LogP contribution is 2.31. The Morgan fingerprint density at radius 1 is 1.08 bits per heavy atom. The maximum absolute atomic E-state index is 12.3. The molecule has 5 heteroatoms. The van der Waals surface area contributed by atoms with Gasteiger partial charge < -0.3 is 14.8 Å². The largest absolute Gasteiger partial charge is 0.493 e. The highest BCUT2D eigenvalue weighted by molar-refractivity contribution is 5.92. The fraction of sp³-hybridized carbons (Fsp3) is 0.350. The van der Waals surface area contributed by atoms with E-state index in [1.54, 1.807) is 14.2 Å². The quantitative estimate of drug-likeness (QED) is 0.838. The van der Waals surface area contributed by atoms with E-state index in [4.69, 9.17) is 9.47 Å².